The summed E-state index contributed by atoms with van der Waals surface area (Å²) in [5, 5.41) is 0. The molecule has 7 nitrogen and oxygen atoms in total. The number of nitrogens with one attached hydrogen (secondary N) is 2. The fraction of sp³-hybridized carbons (Fsp3) is 0.500. The van der Waals surface area contributed by atoms with Crippen LogP contribution >= 0.6 is 0 Å². The molecule has 2 unspecified atom stereocenters. The zero-order valence-electron chi connectivity index (χ0n) is 14.5. The van der Waals surface area contributed by atoms with Gasteiger partial charge in [-0.05, 0) is 56.4 Å². The highest BCUT2D eigenvalue weighted by molar-refractivity contribution is 6.09. The first kappa shape index (κ1) is 17.4. The summed E-state index contributed by atoms with van der Waals surface area (Å²) in [5.74, 6) is -1.88. The number of carbonyl (C=O) groups excluding carboxylic acids is 3. The molecule has 25 heavy (non-hydrogen) atoms. The quantitative estimate of drug-likeness (QED) is 0.631. The molecule has 2 heterocycles. The fourth-order valence-electron chi connectivity index (χ4n) is 3.36. The molecule has 3 rings (SSSR count). The molecule has 1 aromatic carbocycles. The summed E-state index contributed by atoms with van der Waals surface area (Å²) in [6.45, 7) is 4.99. The first-order valence-electron chi connectivity index (χ1n) is 8.56. The van der Waals surface area contributed by atoms with Gasteiger partial charge in [-0.1, -0.05) is 6.07 Å². The Labute approximate surface area is 146 Å². The molecule has 0 spiro atoms. The lowest BCUT2D eigenvalue weighted by atomic mass is 10.1. The summed E-state index contributed by atoms with van der Waals surface area (Å²) < 4.78 is 5.25. The predicted molar refractivity (Wildman–Crippen MR) is 91.6 cm³/mol. The lowest BCUT2D eigenvalue weighted by Gasteiger charge is -2.18. The van der Waals surface area contributed by atoms with Crippen LogP contribution in [0.4, 0.5) is 5.69 Å². The highest BCUT2D eigenvalue weighted by Gasteiger charge is 2.38. The minimum Gasteiger partial charge on any atom is -0.368 e. The molecule has 7 heteroatoms. The van der Waals surface area contributed by atoms with Crippen LogP contribution in [0.2, 0.25) is 0 Å². The van der Waals surface area contributed by atoms with E-state index in [9.17, 15) is 14.4 Å². The Bertz CT molecular complexity index is 677. The number of aryl methyl sites for hydroxylation is 2. The van der Waals surface area contributed by atoms with Crippen molar-refractivity contribution >= 4 is 23.4 Å². The summed E-state index contributed by atoms with van der Waals surface area (Å²) in [5.41, 5.74) is 7.67. The van der Waals surface area contributed by atoms with Gasteiger partial charge in [-0.25, -0.2) is 0 Å². The number of rotatable bonds is 3. The molecule has 2 aliphatic heterocycles. The van der Waals surface area contributed by atoms with E-state index in [1.165, 1.54) is 0 Å². The average molecular weight is 345 g/mol. The van der Waals surface area contributed by atoms with E-state index in [1.807, 2.05) is 32.0 Å². The Morgan fingerprint density at radius 1 is 1.08 bits per heavy atom. The van der Waals surface area contributed by atoms with E-state index in [0.717, 1.165) is 23.2 Å². The maximum Gasteiger partial charge on any atom is 0.267 e. The van der Waals surface area contributed by atoms with Crippen molar-refractivity contribution in [3.05, 3.63) is 29.3 Å². The summed E-state index contributed by atoms with van der Waals surface area (Å²) in [6, 6.07) is 5.91. The van der Waals surface area contributed by atoms with Gasteiger partial charge in [0.25, 0.3) is 11.8 Å². The van der Waals surface area contributed by atoms with Gasteiger partial charge in [0.2, 0.25) is 5.91 Å². The van der Waals surface area contributed by atoms with Crippen LogP contribution < -0.4 is 15.8 Å². The molecule has 3 amide bonds. The Hall–Kier alpha value is -2.41. The second kappa shape index (κ2) is 7.23. The standard InChI is InChI=1S/C18H23N3O4/c1-11-8-12(2)10-13(9-11)21-6-5-14(18(21)24)16(22)19-20-17(23)15-4-3-7-25-15/h8-10,14-15H,3-7H2,1-2H3,(H,19,22)(H,20,23). The van der Waals surface area contributed by atoms with Gasteiger partial charge in [-0.3, -0.25) is 25.2 Å². The Kier molecular flexibility index (Phi) is 5.03. The van der Waals surface area contributed by atoms with Crippen molar-refractivity contribution < 1.29 is 19.1 Å². The number of hydrazine groups is 1. The van der Waals surface area contributed by atoms with Gasteiger partial charge in [-0.15, -0.1) is 0 Å². The highest BCUT2D eigenvalue weighted by Crippen LogP contribution is 2.27. The third-order valence-corrected chi connectivity index (χ3v) is 4.57. The maximum absolute atomic E-state index is 12.6. The third kappa shape index (κ3) is 3.82. The fourth-order valence-corrected chi connectivity index (χ4v) is 3.36. The van der Waals surface area contributed by atoms with E-state index < -0.39 is 17.9 Å². The molecule has 1 aromatic rings. The number of hydrogen-bond donors (Lipinski definition) is 2. The first-order valence-corrected chi connectivity index (χ1v) is 8.56. The van der Waals surface area contributed by atoms with Crippen molar-refractivity contribution in [2.45, 2.75) is 39.2 Å². The molecular formula is C18H23N3O4. The van der Waals surface area contributed by atoms with Crippen LogP contribution in [0.25, 0.3) is 0 Å². The molecule has 2 saturated heterocycles. The van der Waals surface area contributed by atoms with Crippen molar-refractivity contribution in [2.24, 2.45) is 5.92 Å². The second-order valence-corrected chi connectivity index (χ2v) is 6.66. The maximum atomic E-state index is 12.6. The number of anilines is 1. The summed E-state index contributed by atoms with van der Waals surface area (Å²) >= 11 is 0. The molecule has 0 aliphatic carbocycles. The summed E-state index contributed by atoms with van der Waals surface area (Å²) in [6.07, 6.45) is 1.38. The minimum atomic E-state index is -0.786. The molecule has 2 aliphatic rings. The predicted octanol–water partition coefficient (Wildman–Crippen LogP) is 0.983. The van der Waals surface area contributed by atoms with Gasteiger partial charge in [0, 0.05) is 18.8 Å². The van der Waals surface area contributed by atoms with E-state index in [-0.39, 0.29) is 11.8 Å². The van der Waals surface area contributed by atoms with Gasteiger partial charge in [-0.2, -0.15) is 0 Å². The monoisotopic (exact) mass is 345 g/mol. The lowest BCUT2D eigenvalue weighted by Crippen LogP contribution is -2.49. The second-order valence-electron chi connectivity index (χ2n) is 6.66. The number of ether oxygens (including phenoxy) is 1. The van der Waals surface area contributed by atoms with Crippen molar-refractivity contribution in [3.8, 4) is 0 Å². The number of hydrogen-bond acceptors (Lipinski definition) is 4. The van der Waals surface area contributed by atoms with Gasteiger partial charge in [0.1, 0.15) is 12.0 Å². The van der Waals surface area contributed by atoms with Crippen LogP contribution in [-0.4, -0.2) is 37.0 Å². The van der Waals surface area contributed by atoms with E-state index in [0.29, 0.717) is 26.0 Å². The van der Waals surface area contributed by atoms with E-state index in [4.69, 9.17) is 4.74 Å². The normalized spacial score (nSPS) is 23.0. The van der Waals surface area contributed by atoms with Crippen molar-refractivity contribution in [2.75, 3.05) is 18.1 Å². The molecule has 2 fully saturated rings. The Balaban J connectivity index is 1.59. The van der Waals surface area contributed by atoms with Crippen molar-refractivity contribution in [1.29, 1.82) is 0 Å². The van der Waals surface area contributed by atoms with Gasteiger partial charge in [0.05, 0.1) is 0 Å². The molecule has 0 saturated carbocycles. The molecular weight excluding hydrogens is 322 g/mol. The summed E-state index contributed by atoms with van der Waals surface area (Å²) in [7, 11) is 0. The molecule has 134 valence electrons. The number of benzene rings is 1. The zero-order valence-corrected chi connectivity index (χ0v) is 14.5. The van der Waals surface area contributed by atoms with E-state index >= 15 is 0 Å². The number of carbonyl (C=O) groups is 3. The van der Waals surface area contributed by atoms with E-state index in [1.54, 1.807) is 4.90 Å². The van der Waals surface area contributed by atoms with Crippen LogP contribution in [0, 0.1) is 19.8 Å². The van der Waals surface area contributed by atoms with Gasteiger partial charge in [0.15, 0.2) is 0 Å². The van der Waals surface area contributed by atoms with Crippen LogP contribution in [0.3, 0.4) is 0 Å². The van der Waals surface area contributed by atoms with Gasteiger partial charge >= 0.3 is 0 Å². The molecule has 0 radical (unpaired) electrons. The average Bonchev–Trinajstić information content (AvgIpc) is 3.21. The third-order valence-electron chi connectivity index (χ3n) is 4.57. The first-order chi connectivity index (χ1) is 12.0. The van der Waals surface area contributed by atoms with E-state index in [2.05, 4.69) is 10.9 Å². The number of amides is 3. The van der Waals surface area contributed by atoms with Crippen LogP contribution in [0.5, 0.6) is 0 Å². The molecule has 0 aromatic heterocycles. The van der Waals surface area contributed by atoms with Gasteiger partial charge < -0.3 is 9.64 Å². The highest BCUT2D eigenvalue weighted by atomic mass is 16.5. The smallest absolute Gasteiger partial charge is 0.267 e. The Morgan fingerprint density at radius 2 is 1.76 bits per heavy atom. The SMILES string of the molecule is Cc1cc(C)cc(N2CCC(C(=O)NNC(=O)C3CCCO3)C2=O)c1. The lowest BCUT2D eigenvalue weighted by molar-refractivity contribution is -0.138. The molecule has 2 N–H and O–H groups in total. The van der Waals surface area contributed by atoms with Crippen molar-refractivity contribution in [1.82, 2.24) is 10.9 Å². The zero-order chi connectivity index (χ0) is 18.0. The largest absolute Gasteiger partial charge is 0.368 e. The minimum absolute atomic E-state index is 0.242. The summed E-state index contributed by atoms with van der Waals surface area (Å²) in [4.78, 5) is 38.4. The molecule has 0 bridgehead atoms. The van der Waals surface area contributed by atoms with Crippen LogP contribution in [0.1, 0.15) is 30.4 Å². The number of nitrogens with zero attached hydrogens (tertiary/aromatic N) is 1. The van der Waals surface area contributed by atoms with Crippen molar-refractivity contribution in [3.63, 3.8) is 0 Å². The Morgan fingerprint density at radius 3 is 2.40 bits per heavy atom. The topological polar surface area (TPSA) is 87.7 Å². The van der Waals surface area contributed by atoms with Crippen LogP contribution in [-0.2, 0) is 19.1 Å². The molecule has 2 atom stereocenters. The van der Waals surface area contributed by atoms with Crippen LogP contribution in [0.15, 0.2) is 18.2 Å².